The summed E-state index contributed by atoms with van der Waals surface area (Å²) in [6.07, 6.45) is 5.00. The number of nitrogens with two attached hydrogens (primary N) is 1. The molecule has 3 aromatic heterocycles. The number of anilines is 1. The number of hydrogen-bond donors (Lipinski definition) is 1. The van der Waals surface area contributed by atoms with Crippen LogP contribution in [0.25, 0.3) is 16.6 Å². The molecule has 0 saturated carbocycles. The van der Waals surface area contributed by atoms with E-state index in [1.165, 1.54) is 0 Å². The van der Waals surface area contributed by atoms with Gasteiger partial charge < -0.3 is 10.5 Å². The zero-order valence-corrected chi connectivity index (χ0v) is 15.6. The predicted molar refractivity (Wildman–Crippen MR) is 104 cm³/mol. The summed E-state index contributed by atoms with van der Waals surface area (Å²) in [5.41, 5.74) is 8.54. The zero-order chi connectivity index (χ0) is 18.1. The Bertz CT molecular complexity index is 1060. The van der Waals surface area contributed by atoms with Crippen LogP contribution in [0.4, 0.5) is 5.82 Å². The Morgan fingerprint density at radius 3 is 2.85 bits per heavy atom. The number of nitrogens with zero attached hydrogens (tertiary/aromatic N) is 4. The van der Waals surface area contributed by atoms with Crippen molar-refractivity contribution in [2.75, 3.05) is 5.73 Å². The van der Waals surface area contributed by atoms with Gasteiger partial charge in [-0.15, -0.1) is 0 Å². The average Bonchev–Trinajstić information content (AvgIpc) is 3.17. The van der Waals surface area contributed by atoms with Crippen LogP contribution in [0.5, 0.6) is 5.75 Å². The molecule has 130 valence electrons. The van der Waals surface area contributed by atoms with Gasteiger partial charge in [0, 0.05) is 28.4 Å². The average molecular weight is 410 g/mol. The minimum Gasteiger partial charge on any atom is -0.480 e. The first-order valence-corrected chi connectivity index (χ1v) is 8.89. The SMILES string of the molecule is CC(Oc1cc2c(Br)cccc2nc1N)c1ncccc1-n1cccn1. The number of rotatable bonds is 4. The van der Waals surface area contributed by atoms with Crippen molar-refractivity contribution in [1.82, 2.24) is 19.7 Å². The second-order valence-electron chi connectivity index (χ2n) is 5.80. The summed E-state index contributed by atoms with van der Waals surface area (Å²) in [6.45, 7) is 1.93. The van der Waals surface area contributed by atoms with Gasteiger partial charge in [0.05, 0.1) is 11.2 Å². The molecule has 0 aliphatic rings. The lowest BCUT2D eigenvalue weighted by atomic mass is 10.2. The van der Waals surface area contributed by atoms with Gasteiger partial charge in [0.15, 0.2) is 11.6 Å². The first kappa shape index (κ1) is 16.5. The molecule has 0 aliphatic carbocycles. The van der Waals surface area contributed by atoms with Crippen molar-refractivity contribution in [3.63, 3.8) is 0 Å². The van der Waals surface area contributed by atoms with Crippen LogP contribution < -0.4 is 10.5 Å². The second-order valence-corrected chi connectivity index (χ2v) is 6.65. The molecule has 0 spiro atoms. The molecule has 3 heterocycles. The van der Waals surface area contributed by atoms with E-state index in [1.807, 2.05) is 55.6 Å². The smallest absolute Gasteiger partial charge is 0.166 e. The standard InChI is InChI=1S/C19H16BrN5O/c1-12(18-16(7-3-8-22-18)25-10-4-9-23-25)26-17-11-13-14(20)5-2-6-15(13)24-19(17)21/h2-12H,1H3,(H2,21,24). The zero-order valence-electron chi connectivity index (χ0n) is 14.0. The third-order valence-electron chi connectivity index (χ3n) is 4.05. The number of ether oxygens (including phenoxy) is 1. The summed E-state index contributed by atoms with van der Waals surface area (Å²) in [6, 6.07) is 13.4. The molecule has 0 fully saturated rings. The van der Waals surface area contributed by atoms with Gasteiger partial charge in [-0.05, 0) is 43.3 Å². The van der Waals surface area contributed by atoms with E-state index in [-0.39, 0.29) is 6.10 Å². The number of aromatic nitrogens is 4. The molecular formula is C19H16BrN5O. The topological polar surface area (TPSA) is 78.9 Å². The molecule has 4 rings (SSSR count). The second kappa shape index (κ2) is 6.76. The predicted octanol–water partition coefficient (Wildman–Crippen LogP) is 4.30. The molecule has 0 bridgehead atoms. The Balaban J connectivity index is 1.71. The van der Waals surface area contributed by atoms with E-state index in [4.69, 9.17) is 10.5 Å². The Morgan fingerprint density at radius 1 is 1.15 bits per heavy atom. The molecule has 0 saturated heterocycles. The van der Waals surface area contributed by atoms with Crippen molar-refractivity contribution in [2.45, 2.75) is 13.0 Å². The summed E-state index contributed by atoms with van der Waals surface area (Å²) in [7, 11) is 0. The fourth-order valence-electron chi connectivity index (χ4n) is 2.82. The maximum absolute atomic E-state index is 6.12. The highest BCUT2D eigenvalue weighted by atomic mass is 79.9. The first-order valence-electron chi connectivity index (χ1n) is 8.10. The summed E-state index contributed by atoms with van der Waals surface area (Å²) in [4.78, 5) is 8.92. The van der Waals surface area contributed by atoms with Crippen LogP contribution in [0.2, 0.25) is 0 Å². The molecule has 2 N–H and O–H groups in total. The lowest BCUT2D eigenvalue weighted by Crippen LogP contribution is -2.11. The van der Waals surface area contributed by atoms with Crippen molar-refractivity contribution in [3.8, 4) is 11.4 Å². The van der Waals surface area contributed by atoms with Crippen molar-refractivity contribution in [1.29, 1.82) is 0 Å². The van der Waals surface area contributed by atoms with Crippen molar-refractivity contribution in [2.24, 2.45) is 0 Å². The summed E-state index contributed by atoms with van der Waals surface area (Å²) < 4.78 is 8.83. The number of nitrogen functional groups attached to an aromatic ring is 1. The van der Waals surface area contributed by atoms with Crippen LogP contribution >= 0.6 is 15.9 Å². The largest absolute Gasteiger partial charge is 0.480 e. The van der Waals surface area contributed by atoms with Gasteiger partial charge in [0.1, 0.15) is 11.8 Å². The van der Waals surface area contributed by atoms with Gasteiger partial charge in [-0.25, -0.2) is 9.67 Å². The van der Waals surface area contributed by atoms with E-state index in [0.29, 0.717) is 11.6 Å². The molecular weight excluding hydrogens is 394 g/mol. The molecule has 7 heteroatoms. The molecule has 0 aliphatic heterocycles. The maximum atomic E-state index is 6.12. The number of halogens is 1. The quantitative estimate of drug-likeness (QED) is 0.543. The molecule has 1 atom stereocenters. The molecule has 6 nitrogen and oxygen atoms in total. The summed E-state index contributed by atoms with van der Waals surface area (Å²) in [5.74, 6) is 0.869. The van der Waals surface area contributed by atoms with Gasteiger partial charge in [-0.1, -0.05) is 22.0 Å². The normalized spacial score (nSPS) is 12.2. The van der Waals surface area contributed by atoms with Crippen LogP contribution in [-0.2, 0) is 0 Å². The van der Waals surface area contributed by atoms with Crippen LogP contribution in [0, 0.1) is 0 Å². The molecule has 1 aromatic carbocycles. The number of pyridine rings is 2. The fraction of sp³-hybridized carbons (Fsp3) is 0.105. The number of benzene rings is 1. The minimum absolute atomic E-state index is 0.334. The number of hydrogen-bond acceptors (Lipinski definition) is 5. The monoisotopic (exact) mass is 409 g/mol. The fourth-order valence-corrected chi connectivity index (χ4v) is 3.29. The lowest BCUT2D eigenvalue weighted by Gasteiger charge is -2.18. The van der Waals surface area contributed by atoms with Crippen LogP contribution in [0.1, 0.15) is 18.7 Å². The highest BCUT2D eigenvalue weighted by molar-refractivity contribution is 9.10. The molecule has 0 amide bonds. The van der Waals surface area contributed by atoms with E-state index in [0.717, 1.165) is 26.8 Å². The molecule has 4 aromatic rings. The van der Waals surface area contributed by atoms with E-state index < -0.39 is 0 Å². The van der Waals surface area contributed by atoms with Gasteiger partial charge in [0.2, 0.25) is 0 Å². The third-order valence-corrected chi connectivity index (χ3v) is 4.75. The van der Waals surface area contributed by atoms with Gasteiger partial charge >= 0.3 is 0 Å². The van der Waals surface area contributed by atoms with Gasteiger partial charge in [0.25, 0.3) is 0 Å². The van der Waals surface area contributed by atoms with E-state index in [9.17, 15) is 0 Å². The van der Waals surface area contributed by atoms with Crippen molar-refractivity contribution >= 4 is 32.7 Å². The van der Waals surface area contributed by atoms with Gasteiger partial charge in [-0.2, -0.15) is 5.10 Å². The number of fused-ring (bicyclic) bond motifs is 1. The highest BCUT2D eigenvalue weighted by Gasteiger charge is 2.17. The minimum atomic E-state index is -0.334. The molecule has 26 heavy (non-hydrogen) atoms. The Morgan fingerprint density at radius 2 is 2.04 bits per heavy atom. The van der Waals surface area contributed by atoms with E-state index in [1.54, 1.807) is 17.1 Å². The lowest BCUT2D eigenvalue weighted by molar-refractivity contribution is 0.222. The molecule has 0 radical (unpaired) electrons. The van der Waals surface area contributed by atoms with Gasteiger partial charge in [-0.3, -0.25) is 4.98 Å². The summed E-state index contributed by atoms with van der Waals surface area (Å²) >= 11 is 3.54. The van der Waals surface area contributed by atoms with E-state index >= 15 is 0 Å². The summed E-state index contributed by atoms with van der Waals surface area (Å²) in [5, 5.41) is 5.23. The Labute approximate surface area is 158 Å². The third kappa shape index (κ3) is 3.01. The van der Waals surface area contributed by atoms with Crippen LogP contribution in [0.15, 0.2) is 65.5 Å². The van der Waals surface area contributed by atoms with Crippen molar-refractivity contribution in [3.05, 3.63) is 71.2 Å². The first-order chi connectivity index (χ1) is 12.6. The van der Waals surface area contributed by atoms with Crippen molar-refractivity contribution < 1.29 is 4.74 Å². The van der Waals surface area contributed by atoms with E-state index in [2.05, 4.69) is 31.0 Å². The van der Waals surface area contributed by atoms with Crippen LogP contribution in [-0.4, -0.2) is 19.7 Å². The van der Waals surface area contributed by atoms with Crippen LogP contribution in [0.3, 0.4) is 0 Å². The molecule has 1 unspecified atom stereocenters. The Kier molecular flexibility index (Phi) is 4.30. The highest BCUT2D eigenvalue weighted by Crippen LogP contribution is 2.33. The Hall–Kier alpha value is -2.93. The maximum Gasteiger partial charge on any atom is 0.166 e.